The second-order valence-corrected chi connectivity index (χ2v) is 6.92. The first kappa shape index (κ1) is 17.4. The molecule has 0 aliphatic carbocycles. The first-order chi connectivity index (χ1) is 12.1. The van der Waals surface area contributed by atoms with Gasteiger partial charge in [0.05, 0.1) is 11.8 Å². The van der Waals surface area contributed by atoms with E-state index in [1.54, 1.807) is 42.8 Å². The molecule has 0 fully saturated rings. The largest absolute Gasteiger partial charge is 0.612 e. The van der Waals surface area contributed by atoms with Gasteiger partial charge in [0.2, 0.25) is 5.95 Å². The molecular weight excluding hydrogens is 338 g/mol. The molecule has 1 unspecified atom stereocenters. The van der Waals surface area contributed by atoms with Gasteiger partial charge in [-0.1, -0.05) is 25.5 Å². The summed E-state index contributed by atoms with van der Waals surface area (Å²) in [7, 11) is 0. The van der Waals surface area contributed by atoms with Gasteiger partial charge >= 0.3 is 0 Å². The zero-order chi connectivity index (χ0) is 17.8. The number of nitrogens with one attached hydrogen (secondary N) is 1. The van der Waals surface area contributed by atoms with Crippen molar-refractivity contribution in [3.05, 3.63) is 47.9 Å². The van der Waals surface area contributed by atoms with Crippen molar-refractivity contribution in [1.82, 2.24) is 19.6 Å². The van der Waals surface area contributed by atoms with Crippen molar-refractivity contribution in [2.75, 3.05) is 11.6 Å². The molecule has 0 radical (unpaired) electrons. The normalized spacial score (nSPS) is 12.3. The Morgan fingerprint density at radius 2 is 2.08 bits per heavy atom. The standard InChI is InChI=1S/C17H19N5O2S/c1-3-4-9-14-19-15-10-11-18-22(15)17(20-14)21-16(23)12-7-5-6-8-13(12)25(2)24/h5-8,10-11H,3-4,9H2,1-2H3,(H,19,20,21,23). The van der Waals surface area contributed by atoms with Crippen LogP contribution < -0.4 is 5.32 Å². The Morgan fingerprint density at radius 1 is 1.28 bits per heavy atom. The number of nitrogens with zero attached hydrogens (tertiary/aromatic N) is 4. The number of benzene rings is 1. The third-order valence-corrected chi connectivity index (χ3v) is 4.70. The molecule has 0 saturated carbocycles. The van der Waals surface area contributed by atoms with Gasteiger partial charge in [0, 0.05) is 12.5 Å². The number of hydrogen-bond acceptors (Lipinski definition) is 5. The summed E-state index contributed by atoms with van der Waals surface area (Å²) in [6.45, 7) is 2.10. The summed E-state index contributed by atoms with van der Waals surface area (Å²) in [5, 5.41) is 6.94. The molecule has 0 bridgehead atoms. The maximum Gasteiger partial charge on any atom is 0.263 e. The van der Waals surface area contributed by atoms with Gasteiger partial charge < -0.3 is 4.55 Å². The number of rotatable bonds is 6. The van der Waals surface area contributed by atoms with Crippen molar-refractivity contribution in [2.24, 2.45) is 0 Å². The Bertz CT molecular complexity index is 894. The summed E-state index contributed by atoms with van der Waals surface area (Å²) in [6, 6.07) is 8.59. The van der Waals surface area contributed by atoms with Crippen LogP contribution in [0.25, 0.3) is 5.65 Å². The third-order valence-electron chi connectivity index (χ3n) is 3.72. The van der Waals surface area contributed by atoms with E-state index in [0.717, 1.165) is 19.3 Å². The van der Waals surface area contributed by atoms with Gasteiger partial charge in [-0.05, 0) is 29.7 Å². The van der Waals surface area contributed by atoms with Crippen LogP contribution >= 0.6 is 0 Å². The SMILES string of the molecule is CCCCc1nc(NC(=O)c2ccccc2[S+](C)[O-])n2nccc2n1. The lowest BCUT2D eigenvalue weighted by Gasteiger charge is -2.11. The molecule has 2 aromatic heterocycles. The second-order valence-electron chi connectivity index (χ2n) is 5.57. The van der Waals surface area contributed by atoms with E-state index < -0.39 is 11.2 Å². The smallest absolute Gasteiger partial charge is 0.263 e. The van der Waals surface area contributed by atoms with Crippen molar-refractivity contribution >= 4 is 28.7 Å². The number of hydrogen-bond donors (Lipinski definition) is 1. The molecule has 8 heteroatoms. The number of fused-ring (bicyclic) bond motifs is 1. The fourth-order valence-corrected chi connectivity index (χ4v) is 3.21. The summed E-state index contributed by atoms with van der Waals surface area (Å²) in [5.74, 6) is 0.600. The van der Waals surface area contributed by atoms with Crippen LogP contribution in [0.15, 0.2) is 41.4 Å². The molecule has 1 aromatic carbocycles. The van der Waals surface area contributed by atoms with Gasteiger partial charge in [-0.25, -0.2) is 4.98 Å². The summed E-state index contributed by atoms with van der Waals surface area (Å²) in [5.41, 5.74) is 0.987. The van der Waals surface area contributed by atoms with Crippen molar-refractivity contribution in [3.63, 3.8) is 0 Å². The van der Waals surface area contributed by atoms with Gasteiger partial charge in [-0.15, -0.1) is 0 Å². The average Bonchev–Trinajstić information content (AvgIpc) is 3.08. The number of aryl methyl sites for hydroxylation is 1. The number of anilines is 1. The molecule has 130 valence electrons. The van der Waals surface area contributed by atoms with Crippen LogP contribution in [0, 0.1) is 0 Å². The van der Waals surface area contributed by atoms with Crippen LogP contribution in [0.2, 0.25) is 0 Å². The minimum Gasteiger partial charge on any atom is -0.612 e. The number of carbonyl (C=O) groups is 1. The van der Waals surface area contributed by atoms with Gasteiger partial charge in [-0.2, -0.15) is 14.6 Å². The van der Waals surface area contributed by atoms with E-state index in [-0.39, 0.29) is 5.91 Å². The molecule has 0 spiro atoms. The highest BCUT2D eigenvalue weighted by Gasteiger charge is 2.19. The highest BCUT2D eigenvalue weighted by atomic mass is 32.2. The van der Waals surface area contributed by atoms with Gasteiger partial charge in [0.1, 0.15) is 12.1 Å². The van der Waals surface area contributed by atoms with E-state index in [4.69, 9.17) is 0 Å². The summed E-state index contributed by atoms with van der Waals surface area (Å²) in [6.07, 6.45) is 5.89. The van der Waals surface area contributed by atoms with Gasteiger partial charge in [0.25, 0.3) is 5.91 Å². The minimum atomic E-state index is -1.26. The molecular formula is C17H19N5O2S. The Labute approximate surface area is 148 Å². The molecule has 0 aliphatic heterocycles. The summed E-state index contributed by atoms with van der Waals surface area (Å²) < 4.78 is 13.3. The Morgan fingerprint density at radius 3 is 2.84 bits per heavy atom. The van der Waals surface area contributed by atoms with Crippen molar-refractivity contribution in [2.45, 2.75) is 31.1 Å². The van der Waals surface area contributed by atoms with Crippen LogP contribution in [-0.4, -0.2) is 36.3 Å². The first-order valence-corrected chi connectivity index (χ1v) is 9.60. The highest BCUT2D eigenvalue weighted by molar-refractivity contribution is 7.90. The lowest BCUT2D eigenvalue weighted by Crippen LogP contribution is -2.20. The van der Waals surface area contributed by atoms with Crippen LogP contribution in [0.1, 0.15) is 35.9 Å². The lowest BCUT2D eigenvalue weighted by atomic mass is 10.2. The predicted molar refractivity (Wildman–Crippen MR) is 96.1 cm³/mol. The van der Waals surface area contributed by atoms with E-state index >= 15 is 0 Å². The molecule has 1 amide bonds. The average molecular weight is 357 g/mol. The van der Waals surface area contributed by atoms with E-state index in [1.165, 1.54) is 4.52 Å². The quantitative estimate of drug-likeness (QED) is 0.684. The summed E-state index contributed by atoms with van der Waals surface area (Å²) in [4.78, 5) is 22.0. The molecule has 1 N–H and O–H groups in total. The Balaban J connectivity index is 1.94. The number of amides is 1. The molecule has 25 heavy (non-hydrogen) atoms. The van der Waals surface area contributed by atoms with Crippen LogP contribution in [-0.2, 0) is 17.6 Å². The highest BCUT2D eigenvalue weighted by Crippen LogP contribution is 2.17. The molecule has 3 aromatic rings. The van der Waals surface area contributed by atoms with Crippen LogP contribution in [0.4, 0.5) is 5.95 Å². The van der Waals surface area contributed by atoms with Crippen molar-refractivity contribution in [3.8, 4) is 0 Å². The maximum absolute atomic E-state index is 12.7. The Hall–Kier alpha value is -2.45. The van der Waals surface area contributed by atoms with E-state index in [2.05, 4.69) is 27.3 Å². The second kappa shape index (κ2) is 7.62. The predicted octanol–water partition coefficient (Wildman–Crippen LogP) is 2.46. The molecule has 7 nitrogen and oxygen atoms in total. The number of carbonyl (C=O) groups excluding carboxylic acids is 1. The Kier molecular flexibility index (Phi) is 5.30. The zero-order valence-electron chi connectivity index (χ0n) is 14.1. The van der Waals surface area contributed by atoms with Gasteiger partial charge in [-0.3, -0.25) is 10.1 Å². The lowest BCUT2D eigenvalue weighted by molar-refractivity contribution is 0.102. The van der Waals surface area contributed by atoms with Gasteiger partial charge in [0.15, 0.2) is 10.5 Å². The monoisotopic (exact) mass is 357 g/mol. The molecule has 1 atom stereocenters. The van der Waals surface area contributed by atoms with Crippen LogP contribution in [0.5, 0.6) is 0 Å². The topological polar surface area (TPSA) is 95.2 Å². The third kappa shape index (κ3) is 3.80. The fourth-order valence-electron chi connectivity index (χ4n) is 2.47. The minimum absolute atomic E-state index is 0.308. The first-order valence-electron chi connectivity index (χ1n) is 8.04. The fraction of sp³-hybridized carbons (Fsp3) is 0.294. The number of aromatic nitrogens is 4. The van der Waals surface area contributed by atoms with E-state index in [1.807, 2.05) is 0 Å². The maximum atomic E-state index is 12.7. The van der Waals surface area contributed by atoms with E-state index in [0.29, 0.717) is 27.9 Å². The molecule has 3 rings (SSSR count). The van der Waals surface area contributed by atoms with Crippen LogP contribution in [0.3, 0.4) is 0 Å². The molecule has 2 heterocycles. The van der Waals surface area contributed by atoms with Crippen molar-refractivity contribution < 1.29 is 9.35 Å². The zero-order valence-corrected chi connectivity index (χ0v) is 14.9. The molecule has 0 aliphatic rings. The molecule has 0 saturated heterocycles. The summed E-state index contributed by atoms with van der Waals surface area (Å²) >= 11 is -1.26. The number of unbranched alkanes of at least 4 members (excludes halogenated alkanes) is 1. The van der Waals surface area contributed by atoms with Crippen molar-refractivity contribution in [1.29, 1.82) is 0 Å². The van der Waals surface area contributed by atoms with E-state index in [9.17, 15) is 9.35 Å².